The molecule has 0 aliphatic carbocycles. The van der Waals surface area contributed by atoms with Gasteiger partial charge >= 0.3 is 0 Å². The molecule has 8 heteroatoms. The van der Waals surface area contributed by atoms with E-state index in [0.29, 0.717) is 16.9 Å². The summed E-state index contributed by atoms with van der Waals surface area (Å²) in [5.41, 5.74) is 0. The molecule has 1 aliphatic heterocycles. The molecule has 21 heavy (non-hydrogen) atoms. The lowest BCUT2D eigenvalue weighted by atomic mass is 9.96. The lowest BCUT2D eigenvalue weighted by Crippen LogP contribution is -2.33. The largest absolute Gasteiger partial charge is 0.316 e. The molecule has 0 spiro atoms. The summed E-state index contributed by atoms with van der Waals surface area (Å²) in [6, 6.07) is 3.64. The van der Waals surface area contributed by atoms with E-state index in [1.165, 1.54) is 12.1 Å². The average molecular weight is 402 g/mol. The number of hydrogen-bond donors (Lipinski definition) is 2. The van der Waals surface area contributed by atoms with Crippen molar-refractivity contribution >= 4 is 38.4 Å². The highest BCUT2D eigenvalue weighted by Gasteiger charge is 2.19. The number of piperidine rings is 1. The Morgan fingerprint density at radius 2 is 2.19 bits per heavy atom. The highest BCUT2D eigenvalue weighted by Crippen LogP contribution is 2.22. The first-order valence-electron chi connectivity index (χ1n) is 6.64. The number of halogens is 3. The van der Waals surface area contributed by atoms with Crippen LogP contribution in [0.3, 0.4) is 0 Å². The molecule has 4 nitrogen and oxygen atoms in total. The Bertz CT molecular complexity index is 565. The van der Waals surface area contributed by atoms with Gasteiger partial charge in [0.25, 0.3) is 0 Å². The van der Waals surface area contributed by atoms with Gasteiger partial charge in [0, 0.05) is 11.0 Å². The molecule has 0 bridgehead atoms. The summed E-state index contributed by atoms with van der Waals surface area (Å²) in [5.74, 6) is -0.0625. The van der Waals surface area contributed by atoms with E-state index in [0.717, 1.165) is 38.4 Å². The highest BCUT2D eigenvalue weighted by molar-refractivity contribution is 9.10. The maximum absolute atomic E-state index is 13.2. The topological polar surface area (TPSA) is 58.2 Å². The number of rotatable bonds is 5. The van der Waals surface area contributed by atoms with Gasteiger partial charge in [-0.15, -0.1) is 12.4 Å². The predicted molar refractivity (Wildman–Crippen MR) is 86.7 cm³/mol. The minimum Gasteiger partial charge on any atom is -0.316 e. The molecule has 0 aromatic heterocycles. The molecule has 1 aromatic carbocycles. The monoisotopic (exact) mass is 400 g/mol. The molecule has 1 aliphatic rings. The summed E-state index contributed by atoms with van der Waals surface area (Å²) in [5, 5.41) is 3.30. The van der Waals surface area contributed by atoms with Crippen molar-refractivity contribution in [1.29, 1.82) is 0 Å². The second kappa shape index (κ2) is 8.43. The molecule has 0 saturated carbocycles. The third-order valence-electron chi connectivity index (χ3n) is 3.43. The first kappa shape index (κ1) is 18.8. The maximum Gasteiger partial charge on any atom is 0.241 e. The number of nitrogens with one attached hydrogen (secondary N) is 2. The Morgan fingerprint density at radius 3 is 2.86 bits per heavy atom. The molecule has 2 N–H and O–H groups in total. The summed E-state index contributed by atoms with van der Waals surface area (Å²) >= 11 is 3.14. The Kier molecular flexibility index (Phi) is 7.56. The Labute approximate surface area is 139 Å². The van der Waals surface area contributed by atoms with Crippen LogP contribution in [-0.4, -0.2) is 28.1 Å². The van der Waals surface area contributed by atoms with E-state index in [1.54, 1.807) is 0 Å². The molecule has 1 atom stereocenters. The van der Waals surface area contributed by atoms with Crippen LogP contribution in [-0.2, 0) is 10.0 Å². The normalized spacial score (nSPS) is 19.0. The highest BCUT2D eigenvalue weighted by atomic mass is 79.9. The third kappa shape index (κ3) is 5.49. The van der Waals surface area contributed by atoms with Crippen LogP contribution in [0.5, 0.6) is 0 Å². The molecule has 120 valence electrons. The molecule has 0 radical (unpaired) electrons. The molecular weight excluding hydrogens is 383 g/mol. The van der Waals surface area contributed by atoms with Gasteiger partial charge in [0.15, 0.2) is 0 Å². The van der Waals surface area contributed by atoms with Crippen LogP contribution in [0.25, 0.3) is 0 Å². The number of hydrogen-bond acceptors (Lipinski definition) is 3. The predicted octanol–water partition coefficient (Wildman–Crippen LogP) is 2.68. The van der Waals surface area contributed by atoms with Crippen molar-refractivity contribution in [3.63, 3.8) is 0 Å². The summed E-state index contributed by atoms with van der Waals surface area (Å²) < 4.78 is 40.3. The molecule has 1 aromatic rings. The summed E-state index contributed by atoms with van der Waals surface area (Å²) in [6.45, 7) is 2.35. The maximum atomic E-state index is 13.2. The summed E-state index contributed by atoms with van der Waals surface area (Å²) in [7, 11) is -3.67. The van der Waals surface area contributed by atoms with Gasteiger partial charge in [0.05, 0.1) is 4.90 Å². The smallest absolute Gasteiger partial charge is 0.241 e. The molecule has 2 rings (SSSR count). The van der Waals surface area contributed by atoms with Crippen molar-refractivity contribution in [3.05, 3.63) is 28.5 Å². The number of benzene rings is 1. The Hall–Kier alpha value is -0.210. The van der Waals surface area contributed by atoms with E-state index in [-0.39, 0.29) is 17.3 Å². The molecule has 1 fully saturated rings. The van der Waals surface area contributed by atoms with E-state index in [4.69, 9.17) is 0 Å². The third-order valence-corrected chi connectivity index (χ3v) is 5.88. The van der Waals surface area contributed by atoms with E-state index >= 15 is 0 Å². The van der Waals surface area contributed by atoms with Crippen molar-refractivity contribution in [3.8, 4) is 0 Å². The van der Waals surface area contributed by atoms with Crippen molar-refractivity contribution in [1.82, 2.24) is 10.0 Å². The van der Waals surface area contributed by atoms with Crippen LogP contribution in [0, 0.1) is 11.7 Å². The van der Waals surface area contributed by atoms with E-state index in [9.17, 15) is 12.8 Å². The van der Waals surface area contributed by atoms with Gasteiger partial charge in [-0.1, -0.05) is 0 Å². The Morgan fingerprint density at radius 1 is 1.43 bits per heavy atom. The van der Waals surface area contributed by atoms with Crippen LogP contribution >= 0.6 is 28.3 Å². The minimum absolute atomic E-state index is 0. The lowest BCUT2D eigenvalue weighted by Gasteiger charge is -2.22. The first-order valence-corrected chi connectivity index (χ1v) is 8.92. The van der Waals surface area contributed by atoms with Crippen molar-refractivity contribution in [2.45, 2.75) is 24.2 Å². The number of sulfonamides is 1. The van der Waals surface area contributed by atoms with Gasteiger partial charge in [-0.05, 0) is 72.4 Å². The van der Waals surface area contributed by atoms with Gasteiger partial charge in [-0.3, -0.25) is 0 Å². The zero-order valence-electron chi connectivity index (χ0n) is 11.4. The average Bonchev–Trinajstić information content (AvgIpc) is 2.42. The summed E-state index contributed by atoms with van der Waals surface area (Å²) in [6.07, 6.45) is 3.05. The molecule has 1 saturated heterocycles. The van der Waals surface area contributed by atoms with E-state index < -0.39 is 15.8 Å². The molecule has 1 unspecified atom stereocenters. The second-order valence-electron chi connectivity index (χ2n) is 4.97. The van der Waals surface area contributed by atoms with Crippen molar-refractivity contribution in [2.75, 3.05) is 19.6 Å². The van der Waals surface area contributed by atoms with Crippen LogP contribution in [0.1, 0.15) is 19.3 Å². The van der Waals surface area contributed by atoms with Crippen LogP contribution < -0.4 is 10.0 Å². The fraction of sp³-hybridized carbons (Fsp3) is 0.538. The minimum atomic E-state index is -3.67. The zero-order valence-corrected chi connectivity index (χ0v) is 14.7. The van der Waals surface area contributed by atoms with Crippen molar-refractivity contribution < 1.29 is 12.8 Å². The molecular formula is C13H19BrClFN2O2S. The van der Waals surface area contributed by atoms with Gasteiger partial charge < -0.3 is 5.32 Å². The SMILES string of the molecule is Cl.O=S(=O)(NCCC1CCCNC1)c1cc(F)ccc1Br. The quantitative estimate of drug-likeness (QED) is 0.797. The van der Waals surface area contributed by atoms with Gasteiger partial charge in [-0.2, -0.15) is 0 Å². The van der Waals surface area contributed by atoms with Gasteiger partial charge in [0.1, 0.15) is 5.82 Å². The Balaban J connectivity index is 0.00000220. The summed E-state index contributed by atoms with van der Waals surface area (Å²) in [4.78, 5) is -0.0562. The zero-order chi connectivity index (χ0) is 14.6. The van der Waals surface area contributed by atoms with Crippen LogP contribution in [0.2, 0.25) is 0 Å². The standard InChI is InChI=1S/C13H18BrFN2O2S.ClH/c14-12-4-3-11(15)8-13(12)20(18,19)17-7-5-10-2-1-6-16-9-10;/h3-4,8,10,16-17H,1-2,5-7,9H2;1H. The van der Waals surface area contributed by atoms with Gasteiger partial charge in [0.2, 0.25) is 10.0 Å². The first-order chi connectivity index (χ1) is 9.49. The second-order valence-corrected chi connectivity index (χ2v) is 7.56. The molecule has 0 amide bonds. The van der Waals surface area contributed by atoms with Gasteiger partial charge in [-0.25, -0.2) is 17.5 Å². The van der Waals surface area contributed by atoms with E-state index in [1.807, 2.05) is 0 Å². The van der Waals surface area contributed by atoms with E-state index in [2.05, 4.69) is 26.0 Å². The fourth-order valence-electron chi connectivity index (χ4n) is 2.33. The molecule has 1 heterocycles. The van der Waals surface area contributed by atoms with Crippen molar-refractivity contribution in [2.24, 2.45) is 5.92 Å². The lowest BCUT2D eigenvalue weighted by molar-refractivity contribution is 0.358. The fourth-order valence-corrected chi connectivity index (χ4v) is 4.35. The van der Waals surface area contributed by atoms with Crippen LogP contribution in [0.4, 0.5) is 4.39 Å². The van der Waals surface area contributed by atoms with Crippen LogP contribution in [0.15, 0.2) is 27.6 Å².